The first kappa shape index (κ1) is 18.9. The molecule has 7 aromatic rings. The summed E-state index contributed by atoms with van der Waals surface area (Å²) in [5.41, 5.74) is 8.05. The lowest BCUT2D eigenvalue weighted by Gasteiger charge is -2.12. The van der Waals surface area contributed by atoms with Gasteiger partial charge in [0.1, 0.15) is 0 Å². The summed E-state index contributed by atoms with van der Waals surface area (Å²) in [6, 6.07) is 40.7. The van der Waals surface area contributed by atoms with Crippen LogP contribution in [0.25, 0.3) is 55.3 Å². The van der Waals surface area contributed by atoms with Crippen LogP contribution in [0.1, 0.15) is 0 Å². The number of rotatable bonds is 3. The van der Waals surface area contributed by atoms with Crippen LogP contribution in [0.5, 0.6) is 0 Å². The van der Waals surface area contributed by atoms with E-state index in [0.29, 0.717) is 0 Å². The predicted molar refractivity (Wildman–Crippen MR) is 141 cm³/mol. The Morgan fingerprint density at radius 1 is 0.529 bits per heavy atom. The third kappa shape index (κ3) is 2.81. The first-order valence-corrected chi connectivity index (χ1v) is 11.5. The minimum atomic E-state index is 0.984. The number of hydrogen-bond donors (Lipinski definition) is 0. The fourth-order valence-corrected chi connectivity index (χ4v) is 5.06. The molecule has 3 heterocycles. The van der Waals surface area contributed by atoms with E-state index in [9.17, 15) is 0 Å². The second kappa shape index (κ2) is 7.46. The number of benzene rings is 4. The molecule has 0 spiro atoms. The van der Waals surface area contributed by atoms with Crippen molar-refractivity contribution in [3.63, 3.8) is 0 Å². The van der Waals surface area contributed by atoms with Gasteiger partial charge in [-0.25, -0.2) is 0 Å². The van der Waals surface area contributed by atoms with E-state index in [2.05, 4.69) is 117 Å². The van der Waals surface area contributed by atoms with E-state index in [1.54, 1.807) is 0 Å². The highest BCUT2D eigenvalue weighted by Crippen LogP contribution is 2.37. The van der Waals surface area contributed by atoms with Gasteiger partial charge in [-0.05, 0) is 48.5 Å². The Labute approximate surface area is 197 Å². The molecule has 0 aliphatic rings. The molecule has 0 aliphatic heterocycles. The highest BCUT2D eigenvalue weighted by Gasteiger charge is 2.17. The fraction of sp³-hybridized carbons (Fsp3) is 0. The van der Waals surface area contributed by atoms with Gasteiger partial charge >= 0.3 is 0 Å². The van der Waals surface area contributed by atoms with Crippen molar-refractivity contribution in [1.82, 2.24) is 14.1 Å². The lowest BCUT2D eigenvalue weighted by Crippen LogP contribution is -1.97. The van der Waals surface area contributed by atoms with E-state index < -0.39 is 0 Å². The predicted octanol–water partition coefficient (Wildman–Crippen LogP) is 7.79. The highest BCUT2D eigenvalue weighted by molar-refractivity contribution is 6.18. The third-order valence-corrected chi connectivity index (χ3v) is 6.61. The number of pyridine rings is 1. The molecule has 0 atom stereocenters. The lowest BCUT2D eigenvalue weighted by molar-refractivity contribution is 1.11. The lowest BCUT2D eigenvalue weighted by atomic mass is 10.1. The van der Waals surface area contributed by atoms with Gasteiger partial charge < -0.3 is 9.13 Å². The summed E-state index contributed by atoms with van der Waals surface area (Å²) in [5, 5.41) is 3.75. The van der Waals surface area contributed by atoms with Gasteiger partial charge in [0.15, 0.2) is 0 Å². The van der Waals surface area contributed by atoms with Crippen LogP contribution in [0.4, 0.5) is 0 Å². The van der Waals surface area contributed by atoms with E-state index in [4.69, 9.17) is 0 Å². The Bertz CT molecular complexity index is 1770. The molecule has 160 valence electrons. The zero-order valence-electron chi connectivity index (χ0n) is 18.5. The Morgan fingerprint density at radius 3 is 2.15 bits per heavy atom. The SMILES string of the molecule is c1ccc(-n2c3ccccc3c3ccc4ccn(-c5ccc(-c6ccccn6)cc5)c4c32)cc1. The Kier molecular flexibility index (Phi) is 4.15. The molecule has 7 rings (SSSR count). The van der Waals surface area contributed by atoms with Gasteiger partial charge in [-0.3, -0.25) is 4.98 Å². The van der Waals surface area contributed by atoms with Crippen LogP contribution < -0.4 is 0 Å². The van der Waals surface area contributed by atoms with Crippen LogP contribution in [-0.4, -0.2) is 14.1 Å². The first-order chi connectivity index (χ1) is 16.9. The van der Waals surface area contributed by atoms with Gasteiger partial charge in [0.2, 0.25) is 0 Å². The molecule has 0 N–H and O–H groups in total. The van der Waals surface area contributed by atoms with Gasteiger partial charge in [0.05, 0.1) is 22.2 Å². The summed E-state index contributed by atoms with van der Waals surface area (Å²) in [6.45, 7) is 0. The van der Waals surface area contributed by atoms with Crippen LogP contribution >= 0.6 is 0 Å². The topological polar surface area (TPSA) is 22.8 Å². The molecule has 0 saturated carbocycles. The second-order valence-corrected chi connectivity index (χ2v) is 8.54. The summed E-state index contributed by atoms with van der Waals surface area (Å²) in [7, 11) is 0. The standard InChI is InChI=1S/C31H21N3/c1-2-8-25(9-3-1)34-29-12-5-4-10-26(29)27-18-15-23-19-21-33(30(23)31(27)34)24-16-13-22(14-17-24)28-11-6-7-20-32-28/h1-21H. The molecule has 4 aromatic carbocycles. The van der Waals surface area contributed by atoms with E-state index in [1.165, 1.54) is 38.4 Å². The normalized spacial score (nSPS) is 11.5. The average Bonchev–Trinajstić information content (AvgIpc) is 3.49. The summed E-state index contributed by atoms with van der Waals surface area (Å²) < 4.78 is 4.70. The Morgan fingerprint density at radius 2 is 1.32 bits per heavy atom. The molecule has 0 aliphatic carbocycles. The van der Waals surface area contributed by atoms with Gasteiger partial charge in [-0.2, -0.15) is 0 Å². The number of hydrogen-bond acceptors (Lipinski definition) is 1. The van der Waals surface area contributed by atoms with E-state index >= 15 is 0 Å². The summed E-state index contributed by atoms with van der Waals surface area (Å²) in [6.07, 6.45) is 4.01. The van der Waals surface area contributed by atoms with Crippen molar-refractivity contribution in [3.05, 3.63) is 128 Å². The first-order valence-electron chi connectivity index (χ1n) is 11.5. The second-order valence-electron chi connectivity index (χ2n) is 8.54. The number of aromatic nitrogens is 3. The van der Waals surface area contributed by atoms with E-state index in [1.807, 2.05) is 24.4 Å². The molecule has 0 amide bonds. The van der Waals surface area contributed by atoms with Crippen molar-refractivity contribution in [2.45, 2.75) is 0 Å². The van der Waals surface area contributed by atoms with Crippen molar-refractivity contribution >= 4 is 32.7 Å². The van der Waals surface area contributed by atoms with Crippen LogP contribution in [0.2, 0.25) is 0 Å². The van der Waals surface area contributed by atoms with Crippen LogP contribution in [0.15, 0.2) is 128 Å². The number of nitrogens with zero attached hydrogens (tertiary/aromatic N) is 3. The molecular weight excluding hydrogens is 414 g/mol. The third-order valence-electron chi connectivity index (χ3n) is 6.61. The molecular formula is C31H21N3. The maximum Gasteiger partial charge on any atom is 0.0788 e. The summed E-state index contributed by atoms with van der Waals surface area (Å²) in [4.78, 5) is 4.49. The van der Waals surface area contributed by atoms with Crippen molar-refractivity contribution in [3.8, 4) is 22.6 Å². The molecule has 3 heteroatoms. The number of fused-ring (bicyclic) bond motifs is 5. The van der Waals surface area contributed by atoms with Crippen LogP contribution in [-0.2, 0) is 0 Å². The van der Waals surface area contributed by atoms with Crippen LogP contribution in [0, 0.1) is 0 Å². The van der Waals surface area contributed by atoms with Gasteiger partial charge in [0, 0.05) is 45.5 Å². The van der Waals surface area contributed by atoms with Crippen molar-refractivity contribution in [1.29, 1.82) is 0 Å². The van der Waals surface area contributed by atoms with E-state index in [0.717, 1.165) is 16.9 Å². The summed E-state index contributed by atoms with van der Waals surface area (Å²) >= 11 is 0. The number of para-hydroxylation sites is 2. The monoisotopic (exact) mass is 435 g/mol. The Balaban J connectivity index is 1.52. The molecule has 3 nitrogen and oxygen atoms in total. The van der Waals surface area contributed by atoms with E-state index in [-0.39, 0.29) is 0 Å². The molecule has 0 unspecified atom stereocenters. The zero-order chi connectivity index (χ0) is 22.5. The minimum absolute atomic E-state index is 0.984. The maximum absolute atomic E-state index is 4.49. The zero-order valence-corrected chi connectivity index (χ0v) is 18.5. The quantitative estimate of drug-likeness (QED) is 0.278. The molecule has 0 bridgehead atoms. The maximum atomic E-state index is 4.49. The molecule has 0 radical (unpaired) electrons. The molecule has 34 heavy (non-hydrogen) atoms. The van der Waals surface area contributed by atoms with Crippen molar-refractivity contribution in [2.24, 2.45) is 0 Å². The molecule has 0 fully saturated rings. The Hall–Kier alpha value is -4.63. The van der Waals surface area contributed by atoms with Crippen molar-refractivity contribution < 1.29 is 0 Å². The molecule has 0 saturated heterocycles. The van der Waals surface area contributed by atoms with Crippen molar-refractivity contribution in [2.75, 3.05) is 0 Å². The van der Waals surface area contributed by atoms with Crippen LogP contribution in [0.3, 0.4) is 0 Å². The largest absolute Gasteiger partial charge is 0.315 e. The average molecular weight is 436 g/mol. The smallest absolute Gasteiger partial charge is 0.0788 e. The molecule has 3 aromatic heterocycles. The van der Waals surface area contributed by atoms with Gasteiger partial charge in [0.25, 0.3) is 0 Å². The van der Waals surface area contributed by atoms with Gasteiger partial charge in [-0.15, -0.1) is 0 Å². The fourth-order valence-electron chi connectivity index (χ4n) is 5.06. The minimum Gasteiger partial charge on any atom is -0.315 e. The highest BCUT2D eigenvalue weighted by atomic mass is 15.0. The van der Waals surface area contributed by atoms with Gasteiger partial charge in [-0.1, -0.05) is 66.7 Å². The summed E-state index contributed by atoms with van der Waals surface area (Å²) in [5.74, 6) is 0.